The van der Waals surface area contributed by atoms with Crippen molar-refractivity contribution >= 4 is 20.9 Å². The van der Waals surface area contributed by atoms with E-state index in [4.69, 9.17) is 4.74 Å². The van der Waals surface area contributed by atoms with E-state index in [0.717, 1.165) is 23.6 Å². The summed E-state index contributed by atoms with van der Waals surface area (Å²) >= 11 is 0. The van der Waals surface area contributed by atoms with Crippen LogP contribution in [0.25, 0.3) is 10.9 Å². The molecule has 0 atom stereocenters. The lowest BCUT2D eigenvalue weighted by Gasteiger charge is -2.31. The highest BCUT2D eigenvalue weighted by atomic mass is 32.2. The molecular weight excluding hydrogens is 400 g/mol. The molecule has 0 unspecified atom stereocenters. The maximum atomic E-state index is 12.9. The van der Waals surface area contributed by atoms with E-state index in [9.17, 15) is 8.42 Å². The first-order chi connectivity index (χ1) is 14.4. The quantitative estimate of drug-likeness (QED) is 0.604. The maximum Gasteiger partial charge on any atom is 0.262 e. The van der Waals surface area contributed by atoms with Gasteiger partial charge >= 0.3 is 0 Å². The largest absolute Gasteiger partial charge is 0.490 e. The van der Waals surface area contributed by atoms with Gasteiger partial charge in [-0.15, -0.1) is 0 Å². The molecule has 160 valence electrons. The first-order valence-electron chi connectivity index (χ1n) is 10.7. The second kappa shape index (κ2) is 7.42. The highest BCUT2D eigenvalue weighted by Crippen LogP contribution is 2.34. The first-order valence-corrected chi connectivity index (χ1v) is 12.1. The third kappa shape index (κ3) is 3.63. The number of rotatable bonds is 6. The predicted octanol–water partition coefficient (Wildman–Crippen LogP) is 3.33. The number of fused-ring (bicyclic) bond motifs is 1. The van der Waals surface area contributed by atoms with Gasteiger partial charge in [0.05, 0.1) is 5.52 Å². The van der Waals surface area contributed by atoms with Crippen LogP contribution in [-0.2, 0) is 23.6 Å². The van der Waals surface area contributed by atoms with E-state index < -0.39 is 10.0 Å². The maximum absolute atomic E-state index is 12.9. The van der Waals surface area contributed by atoms with Crippen molar-refractivity contribution in [2.75, 3.05) is 13.1 Å². The lowest BCUT2D eigenvalue weighted by molar-refractivity contribution is 0.136. The standard InChI is InChI=1S/C22H28N4O3S/c1-16-23-22(15-24(16)2)30(27,28)26-12-8-18(9-13-26)29-21-5-3-4-20-19(21)10-11-25(20)14-17-6-7-17/h3-5,10-11,15,17-18H,6-9,12-14H2,1-2H3. The van der Waals surface area contributed by atoms with Gasteiger partial charge < -0.3 is 13.9 Å². The SMILES string of the molecule is Cc1nc(S(=O)(=O)N2CCC(Oc3cccc4c3ccn4CC3CC3)CC2)cn1C. The lowest BCUT2D eigenvalue weighted by atomic mass is 10.1. The van der Waals surface area contributed by atoms with Crippen molar-refractivity contribution < 1.29 is 13.2 Å². The molecule has 1 aliphatic carbocycles. The van der Waals surface area contributed by atoms with E-state index in [1.165, 1.54) is 22.7 Å². The summed E-state index contributed by atoms with van der Waals surface area (Å²) in [5.74, 6) is 2.40. The molecule has 1 aliphatic heterocycles. The smallest absolute Gasteiger partial charge is 0.262 e. The topological polar surface area (TPSA) is 69.4 Å². The first kappa shape index (κ1) is 19.6. The van der Waals surface area contributed by atoms with Crippen LogP contribution in [0.4, 0.5) is 0 Å². The Morgan fingerprint density at radius 1 is 1.13 bits per heavy atom. The molecule has 2 aromatic heterocycles. The van der Waals surface area contributed by atoms with Gasteiger partial charge in [-0.1, -0.05) is 6.07 Å². The molecule has 8 heteroatoms. The zero-order chi connectivity index (χ0) is 20.9. The Morgan fingerprint density at radius 2 is 1.90 bits per heavy atom. The zero-order valence-electron chi connectivity index (χ0n) is 17.5. The minimum absolute atomic E-state index is 0.0132. The van der Waals surface area contributed by atoms with E-state index >= 15 is 0 Å². The monoisotopic (exact) mass is 428 g/mol. The summed E-state index contributed by atoms with van der Waals surface area (Å²) in [4.78, 5) is 4.20. The summed E-state index contributed by atoms with van der Waals surface area (Å²) in [5.41, 5.74) is 1.21. The predicted molar refractivity (Wildman–Crippen MR) is 115 cm³/mol. The Bertz CT molecular complexity index is 1150. The molecule has 0 amide bonds. The minimum atomic E-state index is -3.55. The summed E-state index contributed by atoms with van der Waals surface area (Å²) < 4.78 is 37.7. The Hall–Kier alpha value is -2.32. The summed E-state index contributed by atoms with van der Waals surface area (Å²) in [7, 11) is -1.75. The number of hydrogen-bond acceptors (Lipinski definition) is 4. The molecule has 0 bridgehead atoms. The molecule has 3 heterocycles. The lowest BCUT2D eigenvalue weighted by Crippen LogP contribution is -2.41. The van der Waals surface area contributed by atoms with E-state index in [0.29, 0.717) is 31.8 Å². The molecule has 1 aromatic carbocycles. The number of benzene rings is 1. The van der Waals surface area contributed by atoms with Crippen molar-refractivity contribution in [1.82, 2.24) is 18.4 Å². The fourth-order valence-electron chi connectivity index (χ4n) is 4.19. The van der Waals surface area contributed by atoms with E-state index in [1.54, 1.807) is 24.7 Å². The van der Waals surface area contributed by atoms with Crippen LogP contribution in [0, 0.1) is 12.8 Å². The van der Waals surface area contributed by atoms with E-state index in [-0.39, 0.29) is 11.1 Å². The average molecular weight is 429 g/mol. The molecule has 7 nitrogen and oxygen atoms in total. The molecule has 3 aromatic rings. The molecule has 2 aliphatic rings. The number of piperidine rings is 1. The number of nitrogens with zero attached hydrogens (tertiary/aromatic N) is 4. The fourth-order valence-corrected chi connectivity index (χ4v) is 5.68. The van der Waals surface area contributed by atoms with Gasteiger partial charge in [-0.05, 0) is 56.7 Å². The second-order valence-corrected chi connectivity index (χ2v) is 10.4. The van der Waals surface area contributed by atoms with Crippen LogP contribution in [0.3, 0.4) is 0 Å². The molecule has 2 fully saturated rings. The molecule has 30 heavy (non-hydrogen) atoms. The Kier molecular flexibility index (Phi) is 4.86. The summed E-state index contributed by atoms with van der Waals surface area (Å²) in [6.07, 6.45) is 7.75. The number of aromatic nitrogens is 3. The van der Waals surface area contributed by atoms with Gasteiger partial charge in [-0.3, -0.25) is 0 Å². The van der Waals surface area contributed by atoms with Gasteiger partial charge in [0.2, 0.25) is 0 Å². The van der Waals surface area contributed by atoms with Crippen molar-refractivity contribution in [3.8, 4) is 5.75 Å². The highest BCUT2D eigenvalue weighted by Gasteiger charge is 2.32. The molecule has 1 saturated heterocycles. The van der Waals surface area contributed by atoms with Crippen LogP contribution < -0.4 is 4.74 Å². The van der Waals surface area contributed by atoms with Gasteiger partial charge in [0.15, 0.2) is 5.03 Å². The molecule has 5 rings (SSSR count). The molecule has 0 radical (unpaired) electrons. The summed E-state index contributed by atoms with van der Waals surface area (Å²) in [5, 5.41) is 1.26. The summed E-state index contributed by atoms with van der Waals surface area (Å²) in [6, 6.07) is 8.35. The fraction of sp³-hybridized carbons (Fsp3) is 0.500. The third-order valence-corrected chi connectivity index (χ3v) is 8.08. The second-order valence-electron chi connectivity index (χ2n) is 8.56. The van der Waals surface area contributed by atoms with Crippen molar-refractivity contribution in [1.29, 1.82) is 0 Å². The number of imidazole rings is 1. The molecular formula is C22H28N4O3S. The van der Waals surface area contributed by atoms with Crippen molar-refractivity contribution in [3.63, 3.8) is 0 Å². The zero-order valence-corrected chi connectivity index (χ0v) is 18.3. The van der Waals surface area contributed by atoms with Gasteiger partial charge in [0, 0.05) is 44.5 Å². The molecule has 0 spiro atoms. The van der Waals surface area contributed by atoms with Crippen molar-refractivity contribution in [3.05, 3.63) is 42.5 Å². The normalized spacial score (nSPS) is 18.9. The Morgan fingerprint density at radius 3 is 2.57 bits per heavy atom. The number of ether oxygens (including phenoxy) is 1. The van der Waals surface area contributed by atoms with E-state index in [2.05, 4.69) is 27.9 Å². The Balaban J connectivity index is 1.27. The van der Waals surface area contributed by atoms with Crippen molar-refractivity contribution in [2.45, 2.75) is 50.3 Å². The average Bonchev–Trinajstić information content (AvgIpc) is 3.35. The van der Waals surface area contributed by atoms with Crippen LogP contribution in [-0.4, -0.2) is 46.0 Å². The Labute approximate surface area is 177 Å². The number of aryl methyl sites for hydroxylation is 2. The van der Waals surface area contributed by atoms with Crippen LogP contribution in [0.15, 0.2) is 41.7 Å². The molecule has 0 N–H and O–H groups in total. The third-order valence-electron chi connectivity index (χ3n) is 6.31. The van der Waals surface area contributed by atoms with Crippen LogP contribution in [0.2, 0.25) is 0 Å². The van der Waals surface area contributed by atoms with Crippen LogP contribution in [0.5, 0.6) is 5.75 Å². The summed E-state index contributed by atoms with van der Waals surface area (Å²) in [6.45, 7) is 3.77. The molecule has 1 saturated carbocycles. The number of sulfonamides is 1. The highest BCUT2D eigenvalue weighted by molar-refractivity contribution is 7.89. The number of hydrogen-bond donors (Lipinski definition) is 0. The minimum Gasteiger partial charge on any atom is -0.490 e. The van der Waals surface area contributed by atoms with Gasteiger partial charge in [0.25, 0.3) is 10.0 Å². The van der Waals surface area contributed by atoms with Crippen molar-refractivity contribution in [2.24, 2.45) is 13.0 Å². The van der Waals surface area contributed by atoms with E-state index in [1.807, 2.05) is 12.1 Å². The van der Waals surface area contributed by atoms with Crippen LogP contribution in [0.1, 0.15) is 31.5 Å². The van der Waals surface area contributed by atoms with Gasteiger partial charge in [0.1, 0.15) is 17.7 Å². The van der Waals surface area contributed by atoms with Gasteiger partial charge in [-0.25, -0.2) is 13.4 Å². The van der Waals surface area contributed by atoms with Crippen LogP contribution >= 0.6 is 0 Å². The van der Waals surface area contributed by atoms with Gasteiger partial charge in [-0.2, -0.15) is 4.31 Å².